The first-order valence-corrected chi connectivity index (χ1v) is 5.57. The third-order valence-electron chi connectivity index (χ3n) is 3.80. The minimum absolute atomic E-state index is 0.240. The highest BCUT2D eigenvalue weighted by molar-refractivity contribution is 4.98. The zero-order valence-electron chi connectivity index (χ0n) is 8.92. The largest absolute Gasteiger partial charge is 0.396 e. The Balaban J connectivity index is 2.68. The van der Waals surface area contributed by atoms with Crippen LogP contribution in [0.5, 0.6) is 0 Å². The Morgan fingerprint density at radius 3 is 2.38 bits per heavy atom. The highest BCUT2D eigenvalue weighted by atomic mass is 16.3. The number of hydrogen-bond acceptors (Lipinski definition) is 2. The van der Waals surface area contributed by atoms with Crippen LogP contribution < -0.4 is 5.73 Å². The normalized spacial score (nSPS) is 24.0. The summed E-state index contributed by atoms with van der Waals surface area (Å²) in [7, 11) is 0. The Morgan fingerprint density at radius 1 is 1.46 bits per heavy atom. The molecule has 2 nitrogen and oxygen atoms in total. The summed E-state index contributed by atoms with van der Waals surface area (Å²) in [6.45, 7) is 4.65. The molecular weight excluding hydrogens is 162 g/mol. The lowest BCUT2D eigenvalue weighted by Crippen LogP contribution is -2.43. The highest BCUT2D eigenvalue weighted by Crippen LogP contribution is 2.51. The molecule has 1 saturated carbocycles. The van der Waals surface area contributed by atoms with Gasteiger partial charge in [-0.15, -0.1) is 0 Å². The van der Waals surface area contributed by atoms with E-state index in [0.717, 1.165) is 25.2 Å². The van der Waals surface area contributed by atoms with Gasteiger partial charge < -0.3 is 10.8 Å². The summed E-state index contributed by atoms with van der Waals surface area (Å²) in [4.78, 5) is 0. The molecular formula is C11H23NO. The second-order valence-electron chi connectivity index (χ2n) is 4.35. The molecule has 78 valence electrons. The van der Waals surface area contributed by atoms with Gasteiger partial charge in [0.1, 0.15) is 0 Å². The summed E-state index contributed by atoms with van der Waals surface area (Å²) in [6, 6.07) is 0.275. The van der Waals surface area contributed by atoms with E-state index in [9.17, 15) is 0 Å². The van der Waals surface area contributed by atoms with E-state index < -0.39 is 0 Å². The van der Waals surface area contributed by atoms with E-state index in [-0.39, 0.29) is 18.1 Å². The van der Waals surface area contributed by atoms with Crippen LogP contribution >= 0.6 is 0 Å². The molecule has 0 aliphatic heterocycles. The molecule has 2 unspecified atom stereocenters. The number of nitrogens with two attached hydrogens (primary N) is 1. The van der Waals surface area contributed by atoms with Crippen LogP contribution in [0.15, 0.2) is 0 Å². The molecule has 1 aliphatic carbocycles. The second kappa shape index (κ2) is 4.43. The molecule has 0 aromatic carbocycles. The van der Waals surface area contributed by atoms with Crippen LogP contribution in [0, 0.1) is 11.3 Å². The number of aliphatic hydroxyl groups is 1. The first kappa shape index (κ1) is 11.0. The lowest BCUT2D eigenvalue weighted by molar-refractivity contribution is 0.112. The maximum absolute atomic E-state index is 9.10. The van der Waals surface area contributed by atoms with Crippen molar-refractivity contribution < 1.29 is 5.11 Å². The van der Waals surface area contributed by atoms with Crippen molar-refractivity contribution in [1.82, 2.24) is 0 Å². The van der Waals surface area contributed by atoms with Gasteiger partial charge in [-0.2, -0.15) is 0 Å². The average Bonchev–Trinajstić information content (AvgIpc) is 2.96. The Hall–Kier alpha value is -0.0800. The van der Waals surface area contributed by atoms with Crippen molar-refractivity contribution in [3.8, 4) is 0 Å². The highest BCUT2D eigenvalue weighted by Gasteiger charge is 2.46. The Labute approximate surface area is 81.5 Å². The predicted molar refractivity (Wildman–Crippen MR) is 55.4 cm³/mol. The van der Waals surface area contributed by atoms with Crippen molar-refractivity contribution in [2.75, 3.05) is 6.61 Å². The zero-order valence-corrected chi connectivity index (χ0v) is 8.92. The molecule has 0 spiro atoms. The Kier molecular flexibility index (Phi) is 3.74. The van der Waals surface area contributed by atoms with Crippen molar-refractivity contribution in [2.24, 2.45) is 17.1 Å². The van der Waals surface area contributed by atoms with E-state index in [4.69, 9.17) is 10.8 Å². The van der Waals surface area contributed by atoms with Gasteiger partial charge in [-0.25, -0.2) is 0 Å². The molecule has 2 heteroatoms. The van der Waals surface area contributed by atoms with Crippen molar-refractivity contribution in [2.45, 2.75) is 52.0 Å². The summed E-state index contributed by atoms with van der Waals surface area (Å²) in [5.74, 6) is 0.791. The zero-order chi connectivity index (χ0) is 9.90. The third-order valence-corrected chi connectivity index (χ3v) is 3.80. The minimum Gasteiger partial charge on any atom is -0.396 e. The molecule has 0 saturated heterocycles. The van der Waals surface area contributed by atoms with Crippen LogP contribution in [0.1, 0.15) is 46.0 Å². The van der Waals surface area contributed by atoms with E-state index in [1.54, 1.807) is 0 Å². The number of rotatable bonds is 6. The van der Waals surface area contributed by atoms with Gasteiger partial charge in [-0.05, 0) is 43.4 Å². The van der Waals surface area contributed by atoms with Gasteiger partial charge in [0.05, 0.1) is 0 Å². The van der Waals surface area contributed by atoms with Gasteiger partial charge in [0.25, 0.3) is 0 Å². The van der Waals surface area contributed by atoms with Crippen molar-refractivity contribution in [3.63, 3.8) is 0 Å². The smallest absolute Gasteiger partial charge is 0.0437 e. The lowest BCUT2D eigenvalue weighted by Gasteiger charge is -2.38. The first-order chi connectivity index (χ1) is 6.21. The maximum atomic E-state index is 9.10. The predicted octanol–water partition coefficient (Wildman–Crippen LogP) is 1.91. The summed E-state index contributed by atoms with van der Waals surface area (Å²) < 4.78 is 0. The molecule has 1 aliphatic rings. The molecule has 1 rings (SSSR count). The van der Waals surface area contributed by atoms with Crippen LogP contribution in [0.25, 0.3) is 0 Å². The van der Waals surface area contributed by atoms with Gasteiger partial charge in [0.15, 0.2) is 0 Å². The fraction of sp³-hybridized carbons (Fsp3) is 1.00. The van der Waals surface area contributed by atoms with Crippen molar-refractivity contribution >= 4 is 0 Å². The molecule has 0 heterocycles. The molecule has 0 radical (unpaired) electrons. The van der Waals surface area contributed by atoms with E-state index >= 15 is 0 Å². The summed E-state index contributed by atoms with van der Waals surface area (Å²) in [6.07, 6.45) is 5.68. The monoisotopic (exact) mass is 185 g/mol. The fourth-order valence-electron chi connectivity index (χ4n) is 2.69. The van der Waals surface area contributed by atoms with E-state index in [1.165, 1.54) is 12.8 Å². The number of aliphatic hydroxyl groups excluding tert-OH is 1. The van der Waals surface area contributed by atoms with Crippen LogP contribution in [-0.2, 0) is 0 Å². The van der Waals surface area contributed by atoms with Gasteiger partial charge in [0, 0.05) is 12.6 Å². The standard InChI is InChI=1S/C11H23NO/c1-3-10(12)11(4-2,7-8-13)9-5-6-9/h9-10,13H,3-8,12H2,1-2H3. The average molecular weight is 185 g/mol. The summed E-state index contributed by atoms with van der Waals surface area (Å²) in [5, 5.41) is 9.10. The quantitative estimate of drug-likeness (QED) is 0.664. The molecule has 3 N–H and O–H groups in total. The third kappa shape index (κ3) is 2.05. The molecule has 0 aromatic heterocycles. The lowest BCUT2D eigenvalue weighted by atomic mass is 9.70. The van der Waals surface area contributed by atoms with Crippen LogP contribution in [0.4, 0.5) is 0 Å². The topological polar surface area (TPSA) is 46.2 Å². The maximum Gasteiger partial charge on any atom is 0.0437 e. The molecule has 0 aromatic rings. The van der Waals surface area contributed by atoms with Crippen LogP contribution in [-0.4, -0.2) is 17.8 Å². The minimum atomic E-state index is 0.240. The summed E-state index contributed by atoms with van der Waals surface area (Å²) in [5.41, 5.74) is 6.42. The molecule has 1 fully saturated rings. The second-order valence-corrected chi connectivity index (χ2v) is 4.35. The van der Waals surface area contributed by atoms with E-state index in [1.807, 2.05) is 0 Å². The van der Waals surface area contributed by atoms with Gasteiger partial charge >= 0.3 is 0 Å². The van der Waals surface area contributed by atoms with Crippen LogP contribution in [0.2, 0.25) is 0 Å². The number of hydrogen-bond donors (Lipinski definition) is 2. The van der Waals surface area contributed by atoms with Crippen LogP contribution in [0.3, 0.4) is 0 Å². The van der Waals surface area contributed by atoms with Gasteiger partial charge in [-0.1, -0.05) is 13.8 Å². The van der Waals surface area contributed by atoms with Gasteiger partial charge in [0.2, 0.25) is 0 Å². The summed E-state index contributed by atoms with van der Waals surface area (Å²) >= 11 is 0. The van der Waals surface area contributed by atoms with Crippen molar-refractivity contribution in [1.29, 1.82) is 0 Å². The van der Waals surface area contributed by atoms with Gasteiger partial charge in [-0.3, -0.25) is 0 Å². The first-order valence-electron chi connectivity index (χ1n) is 5.57. The Bertz CT molecular complexity index is 156. The molecule has 0 bridgehead atoms. The van der Waals surface area contributed by atoms with E-state index in [0.29, 0.717) is 0 Å². The SMILES string of the molecule is CCC(N)C(CC)(CCO)C1CC1. The Morgan fingerprint density at radius 2 is 2.08 bits per heavy atom. The molecule has 0 amide bonds. The molecule has 2 atom stereocenters. The van der Waals surface area contributed by atoms with E-state index in [2.05, 4.69) is 13.8 Å². The van der Waals surface area contributed by atoms with Crippen molar-refractivity contribution in [3.05, 3.63) is 0 Å². The fourth-order valence-corrected chi connectivity index (χ4v) is 2.69. The molecule has 13 heavy (non-hydrogen) atoms.